The van der Waals surface area contributed by atoms with E-state index in [1.807, 2.05) is 0 Å². The van der Waals surface area contributed by atoms with Gasteiger partial charge in [0.2, 0.25) is 0 Å². The molecule has 0 saturated carbocycles. The molecule has 0 spiro atoms. The number of hydrogen-bond donors (Lipinski definition) is 1. The molecule has 34 valence electrons. The minimum Gasteiger partial charge on any atom is -0.395 e. The third-order valence-electron chi connectivity index (χ3n) is 0.558. The Balaban J connectivity index is 3.04. The Kier molecular flexibility index (Phi) is 2.52. The first-order valence-corrected chi connectivity index (χ1v) is 1.88. The van der Waals surface area contributed by atoms with Gasteiger partial charge >= 0.3 is 0 Å². The maximum atomic E-state index is 8.19. The second-order valence-corrected chi connectivity index (χ2v) is 1.25. The Labute approximate surface area is 38.0 Å². The Morgan fingerprint density at radius 3 is 2.50 bits per heavy atom. The molecule has 0 fully saturated rings. The van der Waals surface area contributed by atoms with Gasteiger partial charge in [0.15, 0.2) is 0 Å². The number of aliphatic hydroxyl groups excluding tert-OH is 1. The number of terminal acetylenes is 1. The zero-order valence-corrected chi connectivity index (χ0v) is 3.81. The highest BCUT2D eigenvalue weighted by molar-refractivity contribution is 4.89. The zero-order chi connectivity index (χ0) is 4.99. The number of aliphatic hydroxyl groups is 1. The molecule has 6 heavy (non-hydrogen) atoms. The fraction of sp³-hybridized carbons (Fsp3) is 0.600. The predicted molar refractivity (Wildman–Crippen MR) is 25.1 cm³/mol. The summed E-state index contributed by atoms with van der Waals surface area (Å²) in [6.07, 6.45) is 4.87. The minimum absolute atomic E-state index is 0.0185. The van der Waals surface area contributed by atoms with Gasteiger partial charge < -0.3 is 5.11 Å². The lowest BCUT2D eigenvalue weighted by atomic mass is 10.2. The van der Waals surface area contributed by atoms with E-state index in [-0.39, 0.29) is 12.5 Å². The van der Waals surface area contributed by atoms with E-state index in [4.69, 9.17) is 11.5 Å². The van der Waals surface area contributed by atoms with Crippen molar-refractivity contribution in [2.45, 2.75) is 6.92 Å². The third kappa shape index (κ3) is 1.80. The lowest BCUT2D eigenvalue weighted by Gasteiger charge is -1.90. The van der Waals surface area contributed by atoms with E-state index in [1.165, 1.54) is 0 Å². The van der Waals surface area contributed by atoms with Crippen molar-refractivity contribution >= 4 is 0 Å². The largest absolute Gasteiger partial charge is 0.395 e. The molecular weight excluding hydrogens is 76.1 g/mol. The van der Waals surface area contributed by atoms with Gasteiger partial charge in [-0.05, 0) is 6.92 Å². The average Bonchev–Trinajstić information content (AvgIpc) is 1.65. The standard InChI is InChI=1S/C5H8O/c1-3-5(2)4-6/h1,5-6H,4H2,2H3/t5-/m1/s1. The normalized spacial score (nSPS) is 12.8. The molecule has 0 saturated heterocycles. The number of rotatable bonds is 1. The Bertz CT molecular complexity index is 60.8. The molecule has 1 heteroatoms. The molecule has 0 aliphatic heterocycles. The molecule has 0 bridgehead atoms. The van der Waals surface area contributed by atoms with Crippen LogP contribution in [0.2, 0.25) is 0 Å². The summed E-state index contributed by atoms with van der Waals surface area (Å²) in [6, 6.07) is 0. The van der Waals surface area contributed by atoms with Crippen LogP contribution >= 0.6 is 0 Å². The van der Waals surface area contributed by atoms with Gasteiger partial charge in [-0.1, -0.05) is 0 Å². The molecule has 0 heterocycles. The van der Waals surface area contributed by atoms with Crippen LogP contribution in [-0.4, -0.2) is 11.7 Å². The molecule has 1 N–H and O–H groups in total. The van der Waals surface area contributed by atoms with Crippen molar-refractivity contribution in [2.24, 2.45) is 5.92 Å². The van der Waals surface area contributed by atoms with E-state index in [2.05, 4.69) is 5.92 Å². The van der Waals surface area contributed by atoms with Gasteiger partial charge in [0.05, 0.1) is 6.61 Å². The smallest absolute Gasteiger partial charge is 0.0566 e. The molecule has 0 aromatic heterocycles. The highest BCUT2D eigenvalue weighted by atomic mass is 16.3. The topological polar surface area (TPSA) is 20.2 Å². The van der Waals surface area contributed by atoms with Crippen molar-refractivity contribution < 1.29 is 5.11 Å². The van der Waals surface area contributed by atoms with Crippen molar-refractivity contribution in [1.82, 2.24) is 0 Å². The van der Waals surface area contributed by atoms with Crippen molar-refractivity contribution in [3.8, 4) is 12.3 Å². The summed E-state index contributed by atoms with van der Waals surface area (Å²) in [5, 5.41) is 8.19. The van der Waals surface area contributed by atoms with Crippen LogP contribution in [0.1, 0.15) is 6.92 Å². The molecule has 0 aliphatic carbocycles. The van der Waals surface area contributed by atoms with Crippen LogP contribution in [0.15, 0.2) is 0 Å². The lowest BCUT2D eigenvalue weighted by molar-refractivity contribution is 0.266. The van der Waals surface area contributed by atoms with E-state index in [9.17, 15) is 0 Å². The highest BCUT2D eigenvalue weighted by Gasteiger charge is 1.86. The van der Waals surface area contributed by atoms with Gasteiger partial charge in [0, 0.05) is 5.92 Å². The van der Waals surface area contributed by atoms with Gasteiger partial charge in [-0.15, -0.1) is 12.3 Å². The second-order valence-electron chi connectivity index (χ2n) is 1.25. The van der Waals surface area contributed by atoms with Crippen molar-refractivity contribution in [3.63, 3.8) is 0 Å². The first-order valence-electron chi connectivity index (χ1n) is 1.88. The number of hydrogen-bond acceptors (Lipinski definition) is 1. The van der Waals surface area contributed by atoms with Gasteiger partial charge in [-0.25, -0.2) is 0 Å². The summed E-state index contributed by atoms with van der Waals surface area (Å²) in [4.78, 5) is 0. The van der Waals surface area contributed by atoms with Crippen LogP contribution in [0.25, 0.3) is 0 Å². The van der Waals surface area contributed by atoms with Crippen LogP contribution in [0.4, 0.5) is 0 Å². The van der Waals surface area contributed by atoms with Crippen molar-refractivity contribution in [2.75, 3.05) is 6.61 Å². The summed E-state index contributed by atoms with van der Waals surface area (Å²) >= 11 is 0. The first kappa shape index (κ1) is 5.52. The molecule has 0 aromatic carbocycles. The fourth-order valence-electron chi connectivity index (χ4n) is 0.0527. The van der Waals surface area contributed by atoms with E-state index in [0.29, 0.717) is 0 Å². The first-order chi connectivity index (χ1) is 2.81. The van der Waals surface area contributed by atoms with Gasteiger partial charge in [0.25, 0.3) is 0 Å². The summed E-state index contributed by atoms with van der Waals surface area (Å²) < 4.78 is 0. The molecule has 0 rings (SSSR count). The predicted octanol–water partition coefficient (Wildman–Crippen LogP) is 0.248. The molecule has 0 aliphatic rings. The Morgan fingerprint density at radius 1 is 2.00 bits per heavy atom. The fourth-order valence-corrected chi connectivity index (χ4v) is 0.0527. The van der Waals surface area contributed by atoms with Crippen LogP contribution in [-0.2, 0) is 0 Å². The molecule has 0 aromatic rings. The quantitative estimate of drug-likeness (QED) is 0.451. The maximum absolute atomic E-state index is 8.19. The molecular formula is C5H8O. The maximum Gasteiger partial charge on any atom is 0.0566 e. The van der Waals surface area contributed by atoms with E-state index < -0.39 is 0 Å². The Morgan fingerprint density at radius 2 is 2.50 bits per heavy atom. The summed E-state index contributed by atoms with van der Waals surface area (Å²) in [6.45, 7) is 1.89. The summed E-state index contributed by atoms with van der Waals surface area (Å²) in [5.74, 6) is 2.38. The van der Waals surface area contributed by atoms with Gasteiger partial charge in [-0.3, -0.25) is 0 Å². The monoisotopic (exact) mass is 84.1 g/mol. The van der Waals surface area contributed by atoms with Crippen LogP contribution < -0.4 is 0 Å². The van der Waals surface area contributed by atoms with E-state index in [1.54, 1.807) is 6.92 Å². The van der Waals surface area contributed by atoms with Crippen LogP contribution in [0.5, 0.6) is 0 Å². The van der Waals surface area contributed by atoms with Gasteiger partial charge in [-0.2, -0.15) is 0 Å². The van der Waals surface area contributed by atoms with Gasteiger partial charge in [0.1, 0.15) is 0 Å². The molecule has 0 amide bonds. The minimum atomic E-state index is 0.0185. The third-order valence-corrected chi connectivity index (χ3v) is 0.558. The molecule has 1 atom stereocenters. The highest BCUT2D eigenvalue weighted by Crippen LogP contribution is 1.84. The molecule has 1 nitrogen and oxygen atoms in total. The van der Waals surface area contributed by atoms with Crippen LogP contribution in [0.3, 0.4) is 0 Å². The van der Waals surface area contributed by atoms with Crippen molar-refractivity contribution in [3.05, 3.63) is 0 Å². The molecule has 0 radical (unpaired) electrons. The average molecular weight is 84.1 g/mol. The molecule has 0 unspecified atom stereocenters. The second kappa shape index (κ2) is 2.74. The van der Waals surface area contributed by atoms with E-state index in [0.717, 1.165) is 0 Å². The Hall–Kier alpha value is -0.480. The zero-order valence-electron chi connectivity index (χ0n) is 3.81. The van der Waals surface area contributed by atoms with Crippen LogP contribution in [0, 0.1) is 18.3 Å². The van der Waals surface area contributed by atoms with Crippen molar-refractivity contribution in [1.29, 1.82) is 0 Å². The summed E-state index contributed by atoms with van der Waals surface area (Å²) in [7, 11) is 0. The lowest BCUT2D eigenvalue weighted by Crippen LogP contribution is -1.94. The summed E-state index contributed by atoms with van der Waals surface area (Å²) in [5.41, 5.74) is 0. The SMILES string of the molecule is C#C[C@@H](C)CO. The van der Waals surface area contributed by atoms with E-state index >= 15 is 0 Å².